The molecular weight excluding hydrogens is 238 g/mol. The van der Waals surface area contributed by atoms with Crippen molar-refractivity contribution >= 4 is 0 Å². The fraction of sp³-hybridized carbons (Fsp3) is 0.562. The highest BCUT2D eigenvalue weighted by molar-refractivity contribution is 5.43. The molecule has 3 unspecified atom stereocenters. The fourth-order valence-electron chi connectivity index (χ4n) is 3.62. The van der Waals surface area contributed by atoms with Crippen LogP contribution in [0.4, 0.5) is 0 Å². The zero-order valence-corrected chi connectivity index (χ0v) is 11.3. The van der Waals surface area contributed by atoms with Crippen LogP contribution >= 0.6 is 0 Å². The van der Waals surface area contributed by atoms with Crippen LogP contribution in [0.3, 0.4) is 0 Å². The molecule has 3 nitrogen and oxygen atoms in total. The summed E-state index contributed by atoms with van der Waals surface area (Å²) in [6.45, 7) is 0.777. The summed E-state index contributed by atoms with van der Waals surface area (Å²) in [5, 5.41) is 8.99. The molecule has 0 aliphatic heterocycles. The third-order valence-electron chi connectivity index (χ3n) is 4.59. The van der Waals surface area contributed by atoms with E-state index in [1.54, 1.807) is 19.2 Å². The Hall–Kier alpha value is -1.69. The number of rotatable bonds is 4. The molecule has 0 N–H and O–H groups in total. The van der Waals surface area contributed by atoms with E-state index in [0.29, 0.717) is 17.2 Å². The molecule has 1 aromatic carbocycles. The number of methoxy groups -OCH3 is 1. The summed E-state index contributed by atoms with van der Waals surface area (Å²) in [5.41, 5.74) is 0.585. The number of hydrogen-bond donors (Lipinski definition) is 0. The van der Waals surface area contributed by atoms with Gasteiger partial charge in [0, 0.05) is 6.07 Å². The van der Waals surface area contributed by atoms with Crippen molar-refractivity contribution in [3.05, 3.63) is 23.8 Å². The molecule has 0 amide bonds. The fourth-order valence-corrected chi connectivity index (χ4v) is 3.62. The van der Waals surface area contributed by atoms with E-state index >= 15 is 0 Å². The van der Waals surface area contributed by atoms with Crippen molar-refractivity contribution in [1.82, 2.24) is 0 Å². The Labute approximate surface area is 114 Å². The summed E-state index contributed by atoms with van der Waals surface area (Å²) in [6.07, 6.45) is 5.51. The molecule has 2 saturated carbocycles. The minimum Gasteiger partial charge on any atom is -0.497 e. The van der Waals surface area contributed by atoms with Gasteiger partial charge in [-0.05, 0) is 49.1 Å². The zero-order valence-electron chi connectivity index (χ0n) is 11.3. The molecule has 0 aromatic heterocycles. The summed E-state index contributed by atoms with van der Waals surface area (Å²) in [7, 11) is 1.61. The van der Waals surface area contributed by atoms with Crippen molar-refractivity contribution in [1.29, 1.82) is 5.26 Å². The van der Waals surface area contributed by atoms with E-state index in [-0.39, 0.29) is 0 Å². The first-order chi connectivity index (χ1) is 9.28. The van der Waals surface area contributed by atoms with Crippen molar-refractivity contribution < 1.29 is 9.47 Å². The first-order valence-electron chi connectivity index (χ1n) is 7.00. The van der Waals surface area contributed by atoms with Crippen molar-refractivity contribution in [2.75, 3.05) is 13.7 Å². The molecule has 2 bridgehead atoms. The van der Waals surface area contributed by atoms with E-state index in [0.717, 1.165) is 24.2 Å². The Morgan fingerprint density at radius 3 is 2.68 bits per heavy atom. The average Bonchev–Trinajstić information content (AvgIpc) is 3.07. The van der Waals surface area contributed by atoms with Crippen molar-refractivity contribution in [2.45, 2.75) is 25.7 Å². The standard InChI is InChI=1S/C16H19NO2/c1-18-15-6-12(9-17)7-16(8-15)19-10-14-5-11-2-3-13(14)4-11/h6-8,11,13-14H,2-5,10H2,1H3. The molecule has 100 valence electrons. The van der Waals surface area contributed by atoms with Crippen LogP contribution in [0, 0.1) is 29.1 Å². The number of fused-ring (bicyclic) bond motifs is 2. The molecular formula is C16H19NO2. The van der Waals surface area contributed by atoms with Crippen LogP contribution in [0.15, 0.2) is 18.2 Å². The molecule has 0 saturated heterocycles. The molecule has 1 aromatic rings. The van der Waals surface area contributed by atoms with Gasteiger partial charge in [0.25, 0.3) is 0 Å². The predicted octanol–water partition coefficient (Wildman–Crippen LogP) is 3.38. The number of nitriles is 1. The van der Waals surface area contributed by atoms with E-state index in [2.05, 4.69) is 6.07 Å². The molecule has 0 radical (unpaired) electrons. The third kappa shape index (κ3) is 2.53. The van der Waals surface area contributed by atoms with Gasteiger partial charge < -0.3 is 9.47 Å². The number of hydrogen-bond acceptors (Lipinski definition) is 3. The predicted molar refractivity (Wildman–Crippen MR) is 72.1 cm³/mol. The smallest absolute Gasteiger partial charge is 0.124 e. The molecule has 0 spiro atoms. The third-order valence-corrected chi connectivity index (χ3v) is 4.59. The topological polar surface area (TPSA) is 42.2 Å². The van der Waals surface area contributed by atoms with Gasteiger partial charge in [0.2, 0.25) is 0 Å². The molecule has 3 rings (SSSR count). The lowest BCUT2D eigenvalue weighted by molar-refractivity contribution is 0.194. The van der Waals surface area contributed by atoms with Gasteiger partial charge in [-0.15, -0.1) is 0 Å². The maximum absolute atomic E-state index is 8.99. The van der Waals surface area contributed by atoms with Crippen molar-refractivity contribution in [2.24, 2.45) is 17.8 Å². The molecule has 19 heavy (non-hydrogen) atoms. The van der Waals surface area contributed by atoms with Gasteiger partial charge in [0.15, 0.2) is 0 Å². The summed E-state index contributed by atoms with van der Waals surface area (Å²) < 4.78 is 11.1. The largest absolute Gasteiger partial charge is 0.497 e. The second-order valence-corrected chi connectivity index (χ2v) is 5.75. The zero-order chi connectivity index (χ0) is 13.2. The number of benzene rings is 1. The number of nitrogens with zero attached hydrogens (tertiary/aromatic N) is 1. The first kappa shape index (κ1) is 12.3. The highest BCUT2D eigenvalue weighted by Crippen LogP contribution is 2.48. The van der Waals surface area contributed by atoms with Gasteiger partial charge in [0.1, 0.15) is 11.5 Å². The lowest BCUT2D eigenvalue weighted by Crippen LogP contribution is -2.18. The molecule has 2 aliphatic rings. The normalized spacial score (nSPS) is 28.1. The van der Waals surface area contributed by atoms with Crippen LogP contribution < -0.4 is 9.47 Å². The van der Waals surface area contributed by atoms with Gasteiger partial charge in [-0.3, -0.25) is 0 Å². The van der Waals surface area contributed by atoms with E-state index in [9.17, 15) is 0 Å². The van der Waals surface area contributed by atoms with E-state index in [4.69, 9.17) is 14.7 Å². The van der Waals surface area contributed by atoms with Crippen LogP contribution in [0.25, 0.3) is 0 Å². The maximum Gasteiger partial charge on any atom is 0.124 e. The Morgan fingerprint density at radius 2 is 2.05 bits per heavy atom. The molecule has 2 fully saturated rings. The number of ether oxygens (including phenoxy) is 2. The Bertz CT molecular complexity index is 506. The van der Waals surface area contributed by atoms with Crippen LogP contribution in [0.5, 0.6) is 11.5 Å². The molecule has 3 atom stereocenters. The first-order valence-corrected chi connectivity index (χ1v) is 7.00. The van der Waals surface area contributed by atoms with Crippen molar-refractivity contribution in [3.63, 3.8) is 0 Å². The van der Waals surface area contributed by atoms with Crippen LogP contribution in [-0.2, 0) is 0 Å². The monoisotopic (exact) mass is 257 g/mol. The Morgan fingerprint density at radius 1 is 1.21 bits per heavy atom. The second-order valence-electron chi connectivity index (χ2n) is 5.75. The van der Waals surface area contributed by atoms with E-state index in [1.165, 1.54) is 25.7 Å². The van der Waals surface area contributed by atoms with E-state index < -0.39 is 0 Å². The highest BCUT2D eigenvalue weighted by atomic mass is 16.5. The molecule has 0 heterocycles. The summed E-state index contributed by atoms with van der Waals surface area (Å²) >= 11 is 0. The van der Waals surface area contributed by atoms with Crippen LogP contribution in [0.2, 0.25) is 0 Å². The highest BCUT2D eigenvalue weighted by Gasteiger charge is 2.39. The quantitative estimate of drug-likeness (QED) is 0.830. The van der Waals surface area contributed by atoms with Crippen LogP contribution in [-0.4, -0.2) is 13.7 Å². The minimum atomic E-state index is 0.585. The van der Waals surface area contributed by atoms with Crippen molar-refractivity contribution in [3.8, 4) is 17.6 Å². The summed E-state index contributed by atoms with van der Waals surface area (Å²) in [6, 6.07) is 7.51. The Balaban J connectivity index is 1.65. The van der Waals surface area contributed by atoms with E-state index in [1.807, 2.05) is 6.07 Å². The lowest BCUT2D eigenvalue weighted by atomic mass is 9.89. The average molecular weight is 257 g/mol. The molecule has 2 aliphatic carbocycles. The van der Waals surface area contributed by atoms with Gasteiger partial charge >= 0.3 is 0 Å². The summed E-state index contributed by atoms with van der Waals surface area (Å²) in [5.74, 6) is 3.95. The SMILES string of the molecule is COc1cc(C#N)cc(OCC2CC3CCC2C3)c1. The summed E-state index contributed by atoms with van der Waals surface area (Å²) in [4.78, 5) is 0. The minimum absolute atomic E-state index is 0.585. The van der Waals surface area contributed by atoms with Gasteiger partial charge in [-0.25, -0.2) is 0 Å². The van der Waals surface area contributed by atoms with Crippen LogP contribution in [0.1, 0.15) is 31.2 Å². The maximum atomic E-state index is 8.99. The van der Waals surface area contributed by atoms with Gasteiger partial charge in [-0.2, -0.15) is 5.26 Å². The second kappa shape index (κ2) is 5.13. The van der Waals surface area contributed by atoms with Gasteiger partial charge in [-0.1, -0.05) is 6.42 Å². The lowest BCUT2D eigenvalue weighted by Gasteiger charge is -2.21. The molecule has 3 heteroatoms. The Kier molecular flexibility index (Phi) is 3.33. The van der Waals surface area contributed by atoms with Gasteiger partial charge in [0.05, 0.1) is 25.3 Å².